The minimum absolute atomic E-state index is 0.0150. The maximum absolute atomic E-state index is 12.5. The molecule has 5 rings (SSSR count). The summed E-state index contributed by atoms with van der Waals surface area (Å²) in [5, 5.41) is 11.3. The van der Waals surface area contributed by atoms with E-state index >= 15 is 0 Å². The van der Waals surface area contributed by atoms with Gasteiger partial charge in [-0.1, -0.05) is 11.6 Å². The van der Waals surface area contributed by atoms with E-state index in [1.165, 1.54) is 13.0 Å². The number of Topliss-reactive ketones (excluding diaryl/α,β-unsaturated/α-hetero) is 1. The van der Waals surface area contributed by atoms with Crippen LogP contribution in [0.5, 0.6) is 23.0 Å². The number of fused-ring (bicyclic) bond motifs is 4. The van der Waals surface area contributed by atoms with Crippen molar-refractivity contribution in [2.24, 2.45) is 0 Å². The van der Waals surface area contributed by atoms with Crippen molar-refractivity contribution in [3.05, 3.63) is 55.9 Å². The number of hydrogen-bond acceptors (Lipinski definition) is 8. The van der Waals surface area contributed by atoms with E-state index in [1.807, 2.05) is 0 Å². The van der Waals surface area contributed by atoms with Crippen molar-refractivity contribution in [3.8, 4) is 23.0 Å². The second-order valence-corrected chi connectivity index (χ2v) is 7.85. The summed E-state index contributed by atoms with van der Waals surface area (Å²) < 4.78 is 21.6. The Hall–Kier alpha value is -3.52. The van der Waals surface area contributed by atoms with Gasteiger partial charge < -0.3 is 23.7 Å². The molecule has 0 radical (unpaired) electrons. The number of ether oxygens (including phenoxy) is 3. The average molecular weight is 443 g/mol. The minimum Gasteiger partial charge on any atom is -0.506 e. The molecule has 0 saturated heterocycles. The predicted molar refractivity (Wildman–Crippen MR) is 109 cm³/mol. The number of rotatable bonds is 2. The third kappa shape index (κ3) is 2.86. The van der Waals surface area contributed by atoms with Gasteiger partial charge in [-0.25, -0.2) is 4.79 Å². The summed E-state index contributed by atoms with van der Waals surface area (Å²) in [6.07, 6.45) is -0.0994. The molecule has 0 saturated carbocycles. The molecule has 9 heteroatoms. The van der Waals surface area contributed by atoms with Crippen molar-refractivity contribution in [3.63, 3.8) is 0 Å². The van der Waals surface area contributed by atoms with Crippen molar-refractivity contribution in [1.82, 2.24) is 0 Å². The maximum atomic E-state index is 12.5. The van der Waals surface area contributed by atoms with Gasteiger partial charge in [0.15, 0.2) is 23.0 Å². The molecule has 3 heterocycles. The third-order valence-electron chi connectivity index (χ3n) is 5.49. The van der Waals surface area contributed by atoms with E-state index in [0.717, 1.165) is 0 Å². The van der Waals surface area contributed by atoms with Crippen LogP contribution in [0.15, 0.2) is 27.4 Å². The quantitative estimate of drug-likeness (QED) is 0.276. The molecule has 2 aliphatic rings. The van der Waals surface area contributed by atoms with E-state index in [9.17, 15) is 19.5 Å². The molecule has 2 aromatic carbocycles. The Labute approximate surface area is 179 Å². The Kier molecular flexibility index (Phi) is 4.23. The molecule has 31 heavy (non-hydrogen) atoms. The van der Waals surface area contributed by atoms with Crippen LogP contribution in [0, 0.1) is 6.92 Å². The smallest absolute Gasteiger partial charge is 0.336 e. The lowest BCUT2D eigenvalue weighted by atomic mass is 9.82. The lowest BCUT2D eigenvalue weighted by molar-refractivity contribution is -0.135. The first-order valence-corrected chi connectivity index (χ1v) is 9.78. The fourth-order valence-electron chi connectivity index (χ4n) is 4.21. The molecule has 1 unspecified atom stereocenters. The predicted octanol–water partition coefficient (Wildman–Crippen LogP) is 3.83. The Morgan fingerprint density at radius 3 is 2.68 bits per heavy atom. The molecular weight excluding hydrogens is 428 g/mol. The summed E-state index contributed by atoms with van der Waals surface area (Å²) in [5.41, 5.74) is 0.583. The van der Waals surface area contributed by atoms with Gasteiger partial charge in [-0.05, 0) is 37.1 Å². The van der Waals surface area contributed by atoms with Gasteiger partial charge in [0.1, 0.15) is 16.9 Å². The first-order chi connectivity index (χ1) is 14.8. The number of benzene rings is 2. The molecule has 0 fully saturated rings. The van der Waals surface area contributed by atoms with Crippen molar-refractivity contribution >= 4 is 34.3 Å². The zero-order valence-corrected chi connectivity index (χ0v) is 17.2. The van der Waals surface area contributed by atoms with Crippen molar-refractivity contribution in [2.45, 2.75) is 26.2 Å². The lowest BCUT2D eigenvalue weighted by Gasteiger charge is -2.28. The molecule has 0 bridgehead atoms. The first kappa shape index (κ1) is 19.4. The Balaban J connectivity index is 1.90. The second-order valence-electron chi connectivity index (χ2n) is 7.44. The van der Waals surface area contributed by atoms with E-state index in [0.29, 0.717) is 28.2 Å². The van der Waals surface area contributed by atoms with Crippen LogP contribution in [-0.4, -0.2) is 23.7 Å². The van der Waals surface area contributed by atoms with Gasteiger partial charge in [0, 0.05) is 17.5 Å². The molecule has 0 amide bonds. The average Bonchev–Trinajstić information content (AvgIpc) is 3.15. The summed E-state index contributed by atoms with van der Waals surface area (Å²) >= 11 is 6.34. The number of halogens is 1. The van der Waals surface area contributed by atoms with Gasteiger partial charge >= 0.3 is 11.6 Å². The van der Waals surface area contributed by atoms with Crippen molar-refractivity contribution in [2.75, 3.05) is 6.79 Å². The van der Waals surface area contributed by atoms with Crippen LogP contribution in [0.1, 0.15) is 46.3 Å². The van der Waals surface area contributed by atoms with Gasteiger partial charge in [-0.15, -0.1) is 0 Å². The highest BCUT2D eigenvalue weighted by molar-refractivity contribution is 6.32. The summed E-state index contributed by atoms with van der Waals surface area (Å²) in [7, 11) is 0. The van der Waals surface area contributed by atoms with E-state index in [-0.39, 0.29) is 40.5 Å². The van der Waals surface area contributed by atoms with E-state index < -0.39 is 29.0 Å². The molecule has 2 aliphatic heterocycles. The summed E-state index contributed by atoms with van der Waals surface area (Å²) in [6.45, 7) is 2.89. The normalized spacial score (nSPS) is 16.9. The number of ketones is 1. The van der Waals surface area contributed by atoms with Crippen LogP contribution in [0.3, 0.4) is 0 Å². The molecule has 0 spiro atoms. The van der Waals surface area contributed by atoms with Crippen LogP contribution in [-0.2, 0) is 4.79 Å². The second kappa shape index (κ2) is 6.75. The van der Waals surface area contributed by atoms with E-state index in [1.54, 1.807) is 19.1 Å². The molecule has 158 valence electrons. The van der Waals surface area contributed by atoms with Crippen LogP contribution in [0.2, 0.25) is 5.02 Å². The number of esters is 1. The van der Waals surface area contributed by atoms with Crippen LogP contribution < -0.4 is 19.8 Å². The van der Waals surface area contributed by atoms with Gasteiger partial charge in [0.2, 0.25) is 6.79 Å². The SMILES string of the molecule is CC(=O)c1c2c(c3oc(=O)cc(C)c3c1O)C(c1cc(Cl)c3c(c1)OCO3)CC(=O)O2. The van der Waals surface area contributed by atoms with E-state index in [4.69, 9.17) is 30.2 Å². The number of phenolic OH excluding ortho intramolecular Hbond substituents is 1. The standard InChI is InChI=1S/C22H15ClO8/c1-8-3-14(25)30-21-16(8)19(27)17(9(2)24)22-18(21)11(6-15(26)31-22)10-4-12(23)20-13(5-10)28-7-29-20/h3-5,11,27H,6-7H2,1-2H3. The summed E-state index contributed by atoms with van der Waals surface area (Å²) in [5.74, 6) is -1.50. The Morgan fingerprint density at radius 2 is 1.94 bits per heavy atom. The topological polar surface area (TPSA) is 112 Å². The van der Waals surface area contributed by atoms with Crippen LogP contribution in [0.25, 0.3) is 11.0 Å². The molecule has 1 N–H and O–H groups in total. The summed E-state index contributed by atoms with van der Waals surface area (Å²) in [6, 6.07) is 4.53. The number of phenols is 1. The van der Waals surface area contributed by atoms with Crippen LogP contribution >= 0.6 is 11.6 Å². The number of hydrogen-bond donors (Lipinski definition) is 1. The largest absolute Gasteiger partial charge is 0.506 e. The monoisotopic (exact) mass is 442 g/mol. The van der Waals surface area contributed by atoms with Gasteiger partial charge in [-0.2, -0.15) is 0 Å². The molecular formula is C22H15ClO8. The summed E-state index contributed by atoms with van der Waals surface area (Å²) in [4.78, 5) is 37.1. The Morgan fingerprint density at radius 1 is 1.16 bits per heavy atom. The zero-order valence-electron chi connectivity index (χ0n) is 16.4. The highest BCUT2D eigenvalue weighted by Crippen LogP contribution is 2.51. The third-order valence-corrected chi connectivity index (χ3v) is 5.77. The van der Waals surface area contributed by atoms with Gasteiger partial charge in [0.05, 0.1) is 16.8 Å². The molecule has 1 aromatic heterocycles. The Bertz CT molecular complexity index is 1370. The van der Waals surface area contributed by atoms with E-state index in [2.05, 4.69) is 0 Å². The van der Waals surface area contributed by atoms with Crippen LogP contribution in [0.4, 0.5) is 0 Å². The number of aryl methyl sites for hydroxylation is 1. The molecule has 1 atom stereocenters. The maximum Gasteiger partial charge on any atom is 0.336 e. The number of aromatic hydroxyl groups is 1. The van der Waals surface area contributed by atoms with Gasteiger partial charge in [-0.3, -0.25) is 9.59 Å². The molecule has 8 nitrogen and oxygen atoms in total. The minimum atomic E-state index is -0.672. The van der Waals surface area contributed by atoms with Crippen molar-refractivity contribution < 1.29 is 33.3 Å². The van der Waals surface area contributed by atoms with Gasteiger partial charge in [0.25, 0.3) is 0 Å². The first-order valence-electron chi connectivity index (χ1n) is 9.40. The number of carbonyl (C=O) groups excluding carboxylic acids is 2. The highest BCUT2D eigenvalue weighted by Gasteiger charge is 2.38. The lowest BCUT2D eigenvalue weighted by Crippen LogP contribution is -2.23. The highest BCUT2D eigenvalue weighted by atomic mass is 35.5. The molecule has 0 aliphatic carbocycles. The zero-order chi connectivity index (χ0) is 22.0. The fourth-order valence-corrected chi connectivity index (χ4v) is 4.48. The fraction of sp³-hybridized carbons (Fsp3) is 0.227. The number of carbonyl (C=O) groups is 2. The molecule has 3 aromatic rings. The van der Waals surface area contributed by atoms with Crippen molar-refractivity contribution in [1.29, 1.82) is 0 Å².